The first-order valence-corrected chi connectivity index (χ1v) is 4.23. The first-order chi connectivity index (χ1) is 6.27. The molecular formula is C10H8ClNO. The van der Waals surface area contributed by atoms with Crippen molar-refractivity contribution in [3.05, 3.63) is 41.8 Å². The van der Waals surface area contributed by atoms with Gasteiger partial charge in [-0.15, -0.1) is 0 Å². The van der Waals surface area contributed by atoms with Gasteiger partial charge in [0.25, 0.3) is 0 Å². The highest BCUT2D eigenvalue weighted by molar-refractivity contribution is 6.33. The molecule has 13 heavy (non-hydrogen) atoms. The largest absolute Gasteiger partial charge is 0.472 e. The van der Waals surface area contributed by atoms with Crippen LogP contribution in [0.4, 0.5) is 5.69 Å². The highest BCUT2D eigenvalue weighted by atomic mass is 35.5. The first-order valence-electron chi connectivity index (χ1n) is 3.85. The fraction of sp³-hybridized carbons (Fsp3) is 0. The third-order valence-electron chi connectivity index (χ3n) is 1.85. The Morgan fingerprint density at radius 3 is 2.62 bits per heavy atom. The molecule has 0 saturated carbocycles. The summed E-state index contributed by atoms with van der Waals surface area (Å²) in [7, 11) is 0. The van der Waals surface area contributed by atoms with Crippen molar-refractivity contribution in [3.63, 3.8) is 0 Å². The van der Waals surface area contributed by atoms with Gasteiger partial charge in [0.05, 0.1) is 23.2 Å². The number of hydrogen-bond donors (Lipinski definition) is 1. The minimum atomic E-state index is 0.568. The van der Waals surface area contributed by atoms with Crippen molar-refractivity contribution in [2.45, 2.75) is 0 Å². The summed E-state index contributed by atoms with van der Waals surface area (Å²) in [6.45, 7) is 0. The molecule has 0 bridgehead atoms. The number of rotatable bonds is 1. The van der Waals surface area contributed by atoms with Crippen LogP contribution in [-0.4, -0.2) is 0 Å². The van der Waals surface area contributed by atoms with E-state index in [0.29, 0.717) is 10.7 Å². The van der Waals surface area contributed by atoms with E-state index < -0.39 is 0 Å². The Morgan fingerprint density at radius 1 is 1.15 bits per heavy atom. The van der Waals surface area contributed by atoms with Crippen molar-refractivity contribution < 1.29 is 4.42 Å². The van der Waals surface area contributed by atoms with Crippen molar-refractivity contribution in [2.24, 2.45) is 0 Å². The lowest BCUT2D eigenvalue weighted by Gasteiger charge is -2.00. The van der Waals surface area contributed by atoms with Crippen LogP contribution in [0.25, 0.3) is 11.1 Å². The zero-order valence-corrected chi connectivity index (χ0v) is 7.58. The van der Waals surface area contributed by atoms with Gasteiger partial charge in [0, 0.05) is 5.56 Å². The van der Waals surface area contributed by atoms with Crippen molar-refractivity contribution in [2.75, 3.05) is 5.73 Å². The number of nitrogens with two attached hydrogens (primary N) is 1. The predicted octanol–water partition coefficient (Wildman–Crippen LogP) is 3.18. The second-order valence-corrected chi connectivity index (χ2v) is 3.16. The normalized spacial score (nSPS) is 10.2. The highest BCUT2D eigenvalue weighted by Crippen LogP contribution is 2.26. The molecule has 0 radical (unpaired) electrons. The van der Waals surface area contributed by atoms with Crippen LogP contribution < -0.4 is 5.73 Å². The number of hydrogen-bond acceptors (Lipinski definition) is 2. The van der Waals surface area contributed by atoms with E-state index >= 15 is 0 Å². The van der Waals surface area contributed by atoms with Gasteiger partial charge < -0.3 is 10.2 Å². The number of nitrogen functional groups attached to an aromatic ring is 1. The fourth-order valence-corrected chi connectivity index (χ4v) is 1.32. The summed E-state index contributed by atoms with van der Waals surface area (Å²) in [5.41, 5.74) is 8.19. The molecule has 0 atom stereocenters. The summed E-state index contributed by atoms with van der Waals surface area (Å²) in [5, 5.41) is 0.568. The summed E-state index contributed by atoms with van der Waals surface area (Å²) in [6.07, 6.45) is 3.29. The van der Waals surface area contributed by atoms with E-state index in [9.17, 15) is 0 Å². The summed E-state index contributed by atoms with van der Waals surface area (Å²) in [5.74, 6) is 0. The summed E-state index contributed by atoms with van der Waals surface area (Å²) < 4.78 is 4.96. The molecule has 1 aromatic heterocycles. The number of benzene rings is 1. The molecule has 2 nitrogen and oxygen atoms in total. The maximum Gasteiger partial charge on any atom is 0.0980 e. The standard InChI is InChI=1S/C10H8ClNO/c11-9-5-7(1-2-10(9)12)8-3-4-13-6-8/h1-6H,12H2. The van der Waals surface area contributed by atoms with E-state index in [1.807, 2.05) is 18.2 Å². The average Bonchev–Trinajstić information content (AvgIpc) is 2.62. The van der Waals surface area contributed by atoms with E-state index in [-0.39, 0.29) is 0 Å². The summed E-state index contributed by atoms with van der Waals surface area (Å²) in [6, 6.07) is 7.39. The zero-order valence-electron chi connectivity index (χ0n) is 6.83. The molecule has 0 spiro atoms. The third-order valence-corrected chi connectivity index (χ3v) is 2.18. The Balaban J connectivity index is 2.49. The van der Waals surface area contributed by atoms with Crippen LogP contribution in [0.1, 0.15) is 0 Å². The third kappa shape index (κ3) is 1.53. The van der Waals surface area contributed by atoms with Crippen LogP contribution in [0, 0.1) is 0 Å². The van der Waals surface area contributed by atoms with Crippen LogP contribution in [0.5, 0.6) is 0 Å². The van der Waals surface area contributed by atoms with Gasteiger partial charge in [-0.3, -0.25) is 0 Å². The summed E-state index contributed by atoms with van der Waals surface area (Å²) in [4.78, 5) is 0. The van der Waals surface area contributed by atoms with Gasteiger partial charge in [-0.25, -0.2) is 0 Å². The molecule has 66 valence electrons. The molecule has 0 amide bonds. The molecule has 0 aliphatic heterocycles. The molecule has 2 aromatic rings. The maximum atomic E-state index is 5.88. The molecule has 0 unspecified atom stereocenters. The average molecular weight is 194 g/mol. The Labute approximate surface area is 80.9 Å². The van der Waals surface area contributed by atoms with Gasteiger partial charge in [0.2, 0.25) is 0 Å². The van der Waals surface area contributed by atoms with Crippen LogP contribution in [-0.2, 0) is 0 Å². The van der Waals surface area contributed by atoms with E-state index in [1.165, 1.54) is 0 Å². The fourth-order valence-electron chi connectivity index (χ4n) is 1.14. The number of furan rings is 1. The molecule has 3 heteroatoms. The monoisotopic (exact) mass is 193 g/mol. The molecule has 0 aliphatic rings. The second-order valence-electron chi connectivity index (χ2n) is 2.75. The topological polar surface area (TPSA) is 39.2 Å². The smallest absolute Gasteiger partial charge is 0.0980 e. The Bertz CT molecular complexity index is 409. The Morgan fingerprint density at radius 2 is 2.00 bits per heavy atom. The van der Waals surface area contributed by atoms with Crippen LogP contribution in [0.15, 0.2) is 41.2 Å². The number of halogens is 1. The highest BCUT2D eigenvalue weighted by Gasteiger charge is 2.01. The van der Waals surface area contributed by atoms with E-state index in [1.54, 1.807) is 18.6 Å². The molecule has 0 aliphatic carbocycles. The molecule has 2 N–H and O–H groups in total. The minimum absolute atomic E-state index is 0.568. The molecule has 0 saturated heterocycles. The van der Waals surface area contributed by atoms with Gasteiger partial charge in [0.15, 0.2) is 0 Å². The summed E-state index contributed by atoms with van der Waals surface area (Å²) >= 11 is 5.88. The van der Waals surface area contributed by atoms with E-state index in [4.69, 9.17) is 21.8 Å². The van der Waals surface area contributed by atoms with Crippen molar-refractivity contribution >= 4 is 17.3 Å². The first kappa shape index (κ1) is 8.20. The lowest BCUT2D eigenvalue weighted by Crippen LogP contribution is -1.85. The molecular weight excluding hydrogens is 186 g/mol. The Hall–Kier alpha value is -1.41. The van der Waals surface area contributed by atoms with E-state index in [2.05, 4.69) is 0 Å². The lowest BCUT2D eigenvalue weighted by atomic mass is 10.1. The van der Waals surface area contributed by atoms with Crippen LogP contribution in [0.3, 0.4) is 0 Å². The Kier molecular flexibility index (Phi) is 1.99. The maximum absolute atomic E-state index is 5.88. The molecule has 1 aromatic carbocycles. The molecule has 0 fully saturated rings. The van der Waals surface area contributed by atoms with Crippen LogP contribution in [0.2, 0.25) is 5.02 Å². The second kappa shape index (κ2) is 3.15. The van der Waals surface area contributed by atoms with Gasteiger partial charge in [-0.05, 0) is 23.8 Å². The SMILES string of the molecule is Nc1ccc(-c2ccoc2)cc1Cl. The van der Waals surface area contributed by atoms with Crippen molar-refractivity contribution in [1.29, 1.82) is 0 Å². The van der Waals surface area contributed by atoms with Crippen LogP contribution >= 0.6 is 11.6 Å². The molecule has 1 heterocycles. The lowest BCUT2D eigenvalue weighted by molar-refractivity contribution is 0.568. The predicted molar refractivity (Wildman–Crippen MR) is 53.6 cm³/mol. The van der Waals surface area contributed by atoms with Gasteiger partial charge in [-0.2, -0.15) is 0 Å². The van der Waals surface area contributed by atoms with Gasteiger partial charge in [0.1, 0.15) is 0 Å². The zero-order chi connectivity index (χ0) is 9.26. The van der Waals surface area contributed by atoms with Gasteiger partial charge >= 0.3 is 0 Å². The van der Waals surface area contributed by atoms with E-state index in [0.717, 1.165) is 11.1 Å². The molecule has 2 rings (SSSR count). The van der Waals surface area contributed by atoms with Crippen molar-refractivity contribution in [1.82, 2.24) is 0 Å². The van der Waals surface area contributed by atoms with Gasteiger partial charge in [-0.1, -0.05) is 17.7 Å². The van der Waals surface area contributed by atoms with Crippen molar-refractivity contribution in [3.8, 4) is 11.1 Å². The minimum Gasteiger partial charge on any atom is -0.472 e. The number of anilines is 1. The quantitative estimate of drug-likeness (QED) is 0.707.